The van der Waals surface area contributed by atoms with Crippen LogP contribution in [-0.2, 0) is 25.7 Å². The minimum Gasteiger partial charge on any atom is -0.493 e. The van der Waals surface area contributed by atoms with E-state index in [1.54, 1.807) is 16.8 Å². The molecular formula is C53H60N8O7S2. The number of hydrogen-bond acceptors (Lipinski definition) is 12. The van der Waals surface area contributed by atoms with Crippen molar-refractivity contribution < 1.29 is 33.8 Å². The third-order valence-corrected chi connectivity index (χ3v) is 14.8. The zero-order chi connectivity index (χ0) is 49.9. The number of anilines is 1. The summed E-state index contributed by atoms with van der Waals surface area (Å²) in [7, 11) is 0. The number of para-hydroxylation sites is 1. The Morgan fingerprint density at radius 2 is 1.66 bits per heavy atom. The normalized spacial score (nSPS) is 16.9. The summed E-state index contributed by atoms with van der Waals surface area (Å²) in [5.41, 5.74) is 9.20. The van der Waals surface area contributed by atoms with Crippen molar-refractivity contribution in [2.45, 2.75) is 105 Å². The number of benzene rings is 3. The van der Waals surface area contributed by atoms with Crippen LogP contribution in [0.1, 0.15) is 97.3 Å². The molecule has 2 aliphatic rings. The molecule has 70 heavy (non-hydrogen) atoms. The molecule has 0 spiro atoms. The summed E-state index contributed by atoms with van der Waals surface area (Å²) < 4.78 is 14.8. The number of aliphatic imine (C=N–C) groups is 1. The number of nitrogens with zero attached hydrogens (tertiary/aromatic N) is 5. The van der Waals surface area contributed by atoms with Crippen LogP contribution < -0.4 is 25.4 Å². The second-order valence-corrected chi connectivity index (χ2v) is 21.0. The number of aliphatic hydroxyl groups is 1. The number of rotatable bonds is 16. The predicted molar refractivity (Wildman–Crippen MR) is 273 cm³/mol. The fourth-order valence-corrected chi connectivity index (χ4v) is 10.9. The van der Waals surface area contributed by atoms with Gasteiger partial charge in [0.1, 0.15) is 40.5 Å². The molecule has 1 saturated heterocycles. The molecule has 8 rings (SSSR count). The molecule has 0 radical (unpaired) electrons. The number of imidazole rings is 1. The number of likely N-dealkylation sites (tertiary alicyclic amines) is 1. The van der Waals surface area contributed by atoms with Gasteiger partial charge in [-0.15, -0.1) is 22.7 Å². The number of amides is 4. The molecule has 366 valence electrons. The summed E-state index contributed by atoms with van der Waals surface area (Å²) in [5, 5.41) is 20.4. The van der Waals surface area contributed by atoms with Crippen molar-refractivity contribution in [2.75, 3.05) is 25.1 Å². The summed E-state index contributed by atoms with van der Waals surface area (Å²) in [5.74, 6) is 0.784. The van der Waals surface area contributed by atoms with Crippen LogP contribution in [0.2, 0.25) is 0 Å². The number of aryl methyl sites for hydroxylation is 3. The zero-order valence-electron chi connectivity index (χ0n) is 40.8. The minimum atomic E-state index is -0.915. The van der Waals surface area contributed by atoms with Gasteiger partial charge in [-0.1, -0.05) is 51.1 Å². The van der Waals surface area contributed by atoms with Gasteiger partial charge in [-0.2, -0.15) is 0 Å². The summed E-state index contributed by atoms with van der Waals surface area (Å²) in [6.07, 6.45) is 1.72. The molecule has 0 saturated carbocycles. The molecule has 4 amide bonds. The van der Waals surface area contributed by atoms with Crippen LogP contribution in [0, 0.1) is 33.1 Å². The van der Waals surface area contributed by atoms with Gasteiger partial charge in [-0.05, 0) is 86.7 Å². The molecule has 6 aromatic rings. The summed E-state index contributed by atoms with van der Waals surface area (Å²) in [4.78, 5) is 71.1. The fraction of sp³-hybridized carbons (Fsp3) is 0.377. The van der Waals surface area contributed by atoms with Gasteiger partial charge in [-0.3, -0.25) is 28.7 Å². The average Bonchev–Trinajstić information content (AvgIpc) is 4.09. The van der Waals surface area contributed by atoms with Crippen LogP contribution in [0.25, 0.3) is 15.4 Å². The van der Waals surface area contributed by atoms with Crippen molar-refractivity contribution in [2.24, 2.45) is 10.4 Å². The van der Waals surface area contributed by atoms with Crippen LogP contribution in [0.5, 0.6) is 11.5 Å². The van der Waals surface area contributed by atoms with E-state index in [9.17, 15) is 24.3 Å². The van der Waals surface area contributed by atoms with Gasteiger partial charge >= 0.3 is 0 Å². The highest BCUT2D eigenvalue weighted by Crippen LogP contribution is 2.41. The zero-order valence-corrected chi connectivity index (χ0v) is 42.4. The topological polar surface area (TPSA) is 189 Å². The summed E-state index contributed by atoms with van der Waals surface area (Å²) in [6.45, 7) is 15.8. The molecule has 0 bridgehead atoms. The standard InChI is InChI=1S/C53H60N8O7S2/c1-30-32(3)70-52-46(30)47(59-41(43-27-54-33(4)61(43)52)25-45(64)58-38-13-10-9-11-14-38)35-17-19-40(20-18-35)67-21-12-22-68-44-23-36(48-31(2)56-29-69-48)15-16-37(44)26-55-50(65)42-24-39(63)28-60(42)51(66)49(53(6,7)8)57-34(5)62/h9-11,13-20,23,27,29,39,41-42,49,63H,12,21-22,24-26,28H2,1-8H3,(H,55,65)(H,57,62)(H,58,64)/t39-,41+,42+,49-/m1/s1. The Kier molecular flexibility index (Phi) is 15.0. The Labute approximate surface area is 416 Å². The molecule has 3 aromatic heterocycles. The molecule has 0 aliphatic carbocycles. The SMILES string of the molecule is CC(=O)N[C@H](C(=O)N1C[C@H](O)C[C@H]1C(=O)NCc1ccc(-c2scnc2C)cc1OCCCOc1ccc(C2=N[C@@H](CC(=O)Nc3ccccc3)c3cnc(C)n3-c3sc(C)c(C)c32)cc1)C(C)(C)C. The lowest BCUT2D eigenvalue weighted by atomic mass is 9.85. The Morgan fingerprint density at radius 1 is 0.929 bits per heavy atom. The molecule has 5 heterocycles. The number of aliphatic hydroxyl groups excluding tert-OH is 1. The van der Waals surface area contributed by atoms with E-state index in [0.717, 1.165) is 66.3 Å². The lowest BCUT2D eigenvalue weighted by Gasteiger charge is -2.35. The van der Waals surface area contributed by atoms with Crippen LogP contribution in [0.15, 0.2) is 89.5 Å². The Balaban J connectivity index is 0.937. The largest absolute Gasteiger partial charge is 0.493 e. The van der Waals surface area contributed by atoms with Crippen molar-refractivity contribution in [1.29, 1.82) is 0 Å². The van der Waals surface area contributed by atoms with Gasteiger partial charge in [-0.25, -0.2) is 9.97 Å². The molecule has 17 heteroatoms. The molecule has 0 unspecified atom stereocenters. The number of aromatic nitrogens is 3. The van der Waals surface area contributed by atoms with Crippen molar-refractivity contribution >= 4 is 57.7 Å². The van der Waals surface area contributed by atoms with Crippen LogP contribution in [0.4, 0.5) is 5.69 Å². The van der Waals surface area contributed by atoms with E-state index in [1.165, 1.54) is 28.0 Å². The maximum absolute atomic E-state index is 13.8. The van der Waals surface area contributed by atoms with Gasteiger partial charge in [0, 0.05) is 60.1 Å². The molecule has 15 nitrogen and oxygen atoms in total. The minimum absolute atomic E-state index is 0.0118. The lowest BCUT2D eigenvalue weighted by Crippen LogP contribution is -2.57. The Morgan fingerprint density at radius 3 is 2.36 bits per heavy atom. The molecule has 3 aromatic carbocycles. The van der Waals surface area contributed by atoms with Crippen molar-refractivity contribution in [3.63, 3.8) is 0 Å². The highest BCUT2D eigenvalue weighted by Gasteiger charge is 2.44. The first-order chi connectivity index (χ1) is 33.5. The van der Waals surface area contributed by atoms with Crippen molar-refractivity contribution in [1.82, 2.24) is 30.1 Å². The molecule has 2 aliphatic heterocycles. The number of carbonyl (C=O) groups is 4. The fourth-order valence-electron chi connectivity index (χ4n) is 8.89. The number of carbonyl (C=O) groups excluding carboxylic acids is 4. The van der Waals surface area contributed by atoms with Gasteiger partial charge in [0.2, 0.25) is 23.6 Å². The number of fused-ring (bicyclic) bond motifs is 3. The van der Waals surface area contributed by atoms with Crippen molar-refractivity contribution in [3.8, 4) is 26.9 Å². The highest BCUT2D eigenvalue weighted by atomic mass is 32.1. The first-order valence-corrected chi connectivity index (χ1v) is 25.2. The third-order valence-electron chi connectivity index (χ3n) is 12.6. The van der Waals surface area contributed by atoms with Crippen LogP contribution in [0.3, 0.4) is 0 Å². The van der Waals surface area contributed by atoms with E-state index < -0.39 is 41.5 Å². The Hall–Kier alpha value is -6.69. The molecule has 4 atom stereocenters. The van der Waals surface area contributed by atoms with Crippen LogP contribution in [-0.4, -0.2) is 91.8 Å². The number of hydrogen-bond donors (Lipinski definition) is 4. The van der Waals surface area contributed by atoms with E-state index in [4.69, 9.17) is 14.5 Å². The van der Waals surface area contributed by atoms with Crippen LogP contribution >= 0.6 is 22.7 Å². The average molecular weight is 985 g/mol. The number of β-amino-alcohol motifs (C(OH)–C–C–N with tert-alkyl or cyclic N) is 1. The van der Waals surface area contributed by atoms with Gasteiger partial charge in [0.25, 0.3) is 0 Å². The van der Waals surface area contributed by atoms with E-state index in [2.05, 4.69) is 44.3 Å². The Bertz CT molecular complexity index is 2920. The molecule has 4 N–H and O–H groups in total. The first-order valence-electron chi connectivity index (χ1n) is 23.5. The summed E-state index contributed by atoms with van der Waals surface area (Å²) in [6, 6.07) is 20.9. The van der Waals surface area contributed by atoms with Gasteiger partial charge in [0.15, 0.2) is 0 Å². The molecule has 1 fully saturated rings. The quantitative estimate of drug-likeness (QED) is 0.0694. The summed E-state index contributed by atoms with van der Waals surface area (Å²) >= 11 is 3.23. The number of thiophene rings is 1. The maximum Gasteiger partial charge on any atom is 0.246 e. The lowest BCUT2D eigenvalue weighted by molar-refractivity contribution is -0.143. The number of ether oxygens (including phenoxy) is 2. The first kappa shape index (κ1) is 49.7. The number of thiazole rings is 1. The smallest absolute Gasteiger partial charge is 0.246 e. The van der Waals surface area contributed by atoms with E-state index >= 15 is 0 Å². The van der Waals surface area contributed by atoms with E-state index in [-0.39, 0.29) is 37.7 Å². The van der Waals surface area contributed by atoms with E-state index in [1.807, 2.05) is 114 Å². The van der Waals surface area contributed by atoms with Crippen molar-refractivity contribution in [3.05, 3.63) is 129 Å². The highest BCUT2D eigenvalue weighted by molar-refractivity contribution is 7.15. The monoisotopic (exact) mass is 984 g/mol. The van der Waals surface area contributed by atoms with Gasteiger partial charge < -0.3 is 35.4 Å². The number of nitrogens with one attached hydrogen (secondary N) is 3. The maximum atomic E-state index is 13.8. The predicted octanol–water partition coefficient (Wildman–Crippen LogP) is 8.19. The van der Waals surface area contributed by atoms with E-state index in [0.29, 0.717) is 31.1 Å². The second-order valence-electron chi connectivity index (χ2n) is 18.9. The molecular weight excluding hydrogens is 925 g/mol. The second kappa shape index (κ2) is 21.1. The van der Waals surface area contributed by atoms with Gasteiger partial charge in [0.05, 0.1) is 59.4 Å². The third kappa shape index (κ3) is 11.0.